The summed E-state index contributed by atoms with van der Waals surface area (Å²) >= 11 is 0. The van der Waals surface area contributed by atoms with Crippen molar-refractivity contribution in [3.05, 3.63) is 35.4 Å². The van der Waals surface area contributed by atoms with Crippen molar-refractivity contribution in [2.24, 2.45) is 0 Å². The Morgan fingerprint density at radius 2 is 1.42 bits per heavy atom. The minimum atomic E-state index is 0.619. The van der Waals surface area contributed by atoms with Crippen LogP contribution in [0.25, 0.3) is 0 Å². The van der Waals surface area contributed by atoms with Gasteiger partial charge >= 0.3 is 0 Å². The summed E-state index contributed by atoms with van der Waals surface area (Å²) in [5.41, 5.74) is 3.26. The smallest absolute Gasteiger partial charge is 0.0323 e. The predicted molar refractivity (Wildman–Crippen MR) is 81.5 cm³/mol. The molecule has 1 N–H and O–H groups in total. The lowest BCUT2D eigenvalue weighted by Gasteiger charge is -2.28. The quantitative estimate of drug-likeness (QED) is 0.740. The molecule has 1 heteroatoms. The first-order chi connectivity index (χ1) is 9.45. The van der Waals surface area contributed by atoms with E-state index in [1.54, 1.807) is 11.1 Å². The van der Waals surface area contributed by atoms with Crippen molar-refractivity contribution in [3.8, 4) is 0 Å². The van der Waals surface area contributed by atoms with Crippen LogP contribution in [0.15, 0.2) is 24.3 Å². The van der Waals surface area contributed by atoms with Crippen LogP contribution in [0.5, 0.6) is 0 Å². The Morgan fingerprint density at radius 3 is 2.11 bits per heavy atom. The third-order valence-corrected chi connectivity index (χ3v) is 4.98. The van der Waals surface area contributed by atoms with Gasteiger partial charge in [0.15, 0.2) is 0 Å². The largest absolute Gasteiger partial charge is 0.310 e. The molecule has 104 valence electrons. The van der Waals surface area contributed by atoms with Crippen molar-refractivity contribution >= 4 is 0 Å². The van der Waals surface area contributed by atoms with Crippen molar-refractivity contribution < 1.29 is 0 Å². The third kappa shape index (κ3) is 3.20. The van der Waals surface area contributed by atoms with E-state index < -0.39 is 0 Å². The molecule has 2 aliphatic rings. The molecular weight excluding hydrogens is 230 g/mol. The summed E-state index contributed by atoms with van der Waals surface area (Å²) < 4.78 is 0. The maximum Gasteiger partial charge on any atom is 0.0323 e. The monoisotopic (exact) mass is 257 g/mol. The average Bonchev–Trinajstić information content (AvgIpc) is 2.77. The lowest BCUT2D eigenvalue weighted by atomic mass is 9.84. The molecule has 3 rings (SSSR count). The Labute approximate surface area is 117 Å². The highest BCUT2D eigenvalue weighted by Gasteiger charge is 2.22. The number of hydrogen-bond acceptors (Lipinski definition) is 1. The molecule has 0 bridgehead atoms. The molecule has 1 saturated carbocycles. The van der Waals surface area contributed by atoms with Crippen molar-refractivity contribution in [1.29, 1.82) is 0 Å². The van der Waals surface area contributed by atoms with Crippen LogP contribution < -0.4 is 5.32 Å². The highest BCUT2D eigenvalue weighted by molar-refractivity contribution is 5.33. The molecular formula is C18H27N. The van der Waals surface area contributed by atoms with Gasteiger partial charge in [-0.15, -0.1) is 0 Å². The van der Waals surface area contributed by atoms with Gasteiger partial charge in [0.1, 0.15) is 0 Å². The van der Waals surface area contributed by atoms with Crippen LogP contribution in [0, 0.1) is 0 Å². The van der Waals surface area contributed by atoms with Gasteiger partial charge in [-0.3, -0.25) is 0 Å². The topological polar surface area (TPSA) is 12.0 Å². The summed E-state index contributed by atoms with van der Waals surface area (Å²) in [4.78, 5) is 0. The Balaban J connectivity index is 1.83. The van der Waals surface area contributed by atoms with E-state index in [4.69, 9.17) is 0 Å². The molecule has 19 heavy (non-hydrogen) atoms. The number of piperidine rings is 1. The van der Waals surface area contributed by atoms with Crippen LogP contribution in [0.1, 0.15) is 80.9 Å². The normalized spacial score (nSPS) is 26.0. The molecule has 1 saturated heterocycles. The second-order valence-electron chi connectivity index (χ2n) is 6.32. The first-order valence-corrected chi connectivity index (χ1v) is 8.27. The Hall–Kier alpha value is -0.820. The molecule has 0 amide bonds. The average molecular weight is 257 g/mol. The fraction of sp³-hybridized carbons (Fsp3) is 0.667. The van der Waals surface area contributed by atoms with Gasteiger partial charge in [-0.05, 0) is 49.3 Å². The van der Waals surface area contributed by atoms with Crippen LogP contribution in [-0.2, 0) is 0 Å². The number of rotatable bonds is 2. The van der Waals surface area contributed by atoms with Gasteiger partial charge in [-0.2, -0.15) is 0 Å². The van der Waals surface area contributed by atoms with E-state index in [2.05, 4.69) is 29.6 Å². The SMILES string of the molecule is c1ccc(C2CCCCN2)c(C2CCCCCC2)c1. The maximum atomic E-state index is 3.73. The fourth-order valence-corrected chi connectivity index (χ4v) is 3.91. The summed E-state index contributed by atoms with van der Waals surface area (Å²) in [5.74, 6) is 0.822. The first kappa shape index (κ1) is 13.2. The molecule has 1 nitrogen and oxygen atoms in total. The molecule has 0 radical (unpaired) electrons. The minimum Gasteiger partial charge on any atom is -0.310 e. The highest BCUT2D eigenvalue weighted by Crippen LogP contribution is 2.36. The fourth-order valence-electron chi connectivity index (χ4n) is 3.91. The molecule has 1 aromatic rings. The van der Waals surface area contributed by atoms with Crippen LogP contribution >= 0.6 is 0 Å². The summed E-state index contributed by atoms with van der Waals surface area (Å²) in [5, 5.41) is 3.73. The third-order valence-electron chi connectivity index (χ3n) is 4.98. The zero-order valence-corrected chi connectivity index (χ0v) is 12.0. The van der Waals surface area contributed by atoms with Crippen LogP contribution in [0.3, 0.4) is 0 Å². The Morgan fingerprint density at radius 1 is 0.737 bits per heavy atom. The molecule has 1 aromatic carbocycles. The number of hydrogen-bond donors (Lipinski definition) is 1. The van der Waals surface area contributed by atoms with Crippen molar-refractivity contribution in [3.63, 3.8) is 0 Å². The van der Waals surface area contributed by atoms with E-state index in [0.29, 0.717) is 6.04 Å². The summed E-state index contributed by atoms with van der Waals surface area (Å²) in [6.45, 7) is 1.20. The van der Waals surface area contributed by atoms with Crippen LogP contribution in [0.2, 0.25) is 0 Å². The van der Waals surface area contributed by atoms with Gasteiger partial charge in [0.2, 0.25) is 0 Å². The Kier molecular flexibility index (Phi) is 4.55. The summed E-state index contributed by atoms with van der Waals surface area (Å²) in [6, 6.07) is 9.87. The molecule has 1 aliphatic heterocycles. The standard InChI is InChI=1S/C18H27N/c1-2-4-10-15(9-3-1)16-11-5-6-12-17(16)18-13-7-8-14-19-18/h5-6,11-12,15,18-19H,1-4,7-10,13-14H2. The van der Waals surface area contributed by atoms with Crippen molar-refractivity contribution in [2.75, 3.05) is 6.54 Å². The Bertz CT molecular complexity index is 384. The second-order valence-corrected chi connectivity index (χ2v) is 6.32. The molecule has 1 heterocycles. The zero-order valence-electron chi connectivity index (χ0n) is 12.0. The van der Waals surface area contributed by atoms with Gasteiger partial charge in [-0.25, -0.2) is 0 Å². The number of nitrogens with one attached hydrogen (secondary N) is 1. The summed E-state index contributed by atoms with van der Waals surface area (Å²) in [7, 11) is 0. The van der Waals surface area contributed by atoms with E-state index >= 15 is 0 Å². The van der Waals surface area contributed by atoms with Gasteiger partial charge in [0.05, 0.1) is 0 Å². The van der Waals surface area contributed by atoms with Crippen LogP contribution in [0.4, 0.5) is 0 Å². The number of benzene rings is 1. The lowest BCUT2D eigenvalue weighted by molar-refractivity contribution is 0.407. The summed E-state index contributed by atoms with van der Waals surface area (Å²) in [6.07, 6.45) is 12.6. The molecule has 1 aliphatic carbocycles. The van der Waals surface area contributed by atoms with E-state index in [1.807, 2.05) is 0 Å². The maximum absolute atomic E-state index is 3.73. The molecule has 2 fully saturated rings. The lowest BCUT2D eigenvalue weighted by Crippen LogP contribution is -2.27. The molecule has 0 spiro atoms. The molecule has 0 aromatic heterocycles. The van der Waals surface area contributed by atoms with Crippen LogP contribution in [-0.4, -0.2) is 6.54 Å². The van der Waals surface area contributed by atoms with Gasteiger partial charge in [0, 0.05) is 6.04 Å². The van der Waals surface area contributed by atoms with Gasteiger partial charge < -0.3 is 5.32 Å². The highest BCUT2D eigenvalue weighted by atomic mass is 14.9. The molecule has 1 atom stereocenters. The molecule has 1 unspecified atom stereocenters. The van der Waals surface area contributed by atoms with E-state index in [9.17, 15) is 0 Å². The van der Waals surface area contributed by atoms with E-state index in [0.717, 1.165) is 5.92 Å². The predicted octanol–water partition coefficient (Wildman–Crippen LogP) is 4.94. The van der Waals surface area contributed by atoms with Crippen molar-refractivity contribution in [1.82, 2.24) is 5.32 Å². The van der Waals surface area contributed by atoms with E-state index in [1.165, 1.54) is 64.3 Å². The van der Waals surface area contributed by atoms with Crippen molar-refractivity contribution in [2.45, 2.75) is 69.7 Å². The van der Waals surface area contributed by atoms with Gasteiger partial charge in [-0.1, -0.05) is 56.4 Å². The van der Waals surface area contributed by atoms with Gasteiger partial charge in [0.25, 0.3) is 0 Å². The second kappa shape index (κ2) is 6.56. The van der Waals surface area contributed by atoms with E-state index in [-0.39, 0.29) is 0 Å². The zero-order chi connectivity index (χ0) is 12.9. The minimum absolute atomic E-state index is 0.619. The first-order valence-electron chi connectivity index (χ1n) is 8.27.